The molecule has 0 heterocycles. The molecular formula is C24H23N3O7. The molecule has 0 radical (unpaired) electrons. The summed E-state index contributed by atoms with van der Waals surface area (Å²) in [6.07, 6.45) is 0. The molecule has 0 saturated carbocycles. The van der Waals surface area contributed by atoms with Gasteiger partial charge in [-0.15, -0.1) is 0 Å². The van der Waals surface area contributed by atoms with E-state index in [-0.39, 0.29) is 41.9 Å². The van der Waals surface area contributed by atoms with Gasteiger partial charge in [-0.3, -0.25) is 19.7 Å². The van der Waals surface area contributed by atoms with Gasteiger partial charge in [0.2, 0.25) is 0 Å². The standard InChI is InChI=1S/C24H23N3O7/c1-32-12-13-34-22-15-20(27(30)31)17(14-21(22)33-2)24(29)26-19-11-7-6-10-18(19)25-23(28)16-8-4-3-5-9-16/h3-11,14-15H,12-13H2,1-2H3,(H,25,28)(H,26,29). The molecule has 0 saturated heterocycles. The Labute approximate surface area is 195 Å². The summed E-state index contributed by atoms with van der Waals surface area (Å²) in [5, 5.41) is 17.0. The van der Waals surface area contributed by atoms with Gasteiger partial charge in [-0.1, -0.05) is 30.3 Å². The third kappa shape index (κ3) is 5.87. The average molecular weight is 465 g/mol. The predicted octanol–water partition coefficient (Wildman–Crippen LogP) is 4.13. The summed E-state index contributed by atoms with van der Waals surface area (Å²) >= 11 is 0. The number of hydrogen-bond donors (Lipinski definition) is 2. The molecule has 3 rings (SSSR count). The summed E-state index contributed by atoms with van der Waals surface area (Å²) in [7, 11) is 2.86. The van der Waals surface area contributed by atoms with Crippen molar-refractivity contribution in [2.45, 2.75) is 0 Å². The minimum Gasteiger partial charge on any atom is -0.493 e. The molecule has 0 aliphatic heterocycles. The fraction of sp³-hybridized carbons (Fsp3) is 0.167. The molecule has 3 aromatic rings. The number of rotatable bonds is 10. The minimum absolute atomic E-state index is 0.110. The number of para-hydroxylation sites is 2. The van der Waals surface area contributed by atoms with Crippen molar-refractivity contribution < 1.29 is 28.7 Å². The number of carbonyl (C=O) groups is 2. The maximum atomic E-state index is 13.0. The first kappa shape index (κ1) is 24.2. The molecule has 3 aromatic carbocycles. The first-order valence-electron chi connectivity index (χ1n) is 10.2. The number of anilines is 2. The van der Waals surface area contributed by atoms with E-state index in [1.807, 2.05) is 0 Å². The third-order valence-electron chi connectivity index (χ3n) is 4.73. The number of nitro benzene ring substituents is 1. The van der Waals surface area contributed by atoms with E-state index >= 15 is 0 Å². The highest BCUT2D eigenvalue weighted by Gasteiger charge is 2.25. The van der Waals surface area contributed by atoms with Crippen molar-refractivity contribution >= 4 is 28.9 Å². The van der Waals surface area contributed by atoms with Crippen LogP contribution in [0.4, 0.5) is 17.1 Å². The van der Waals surface area contributed by atoms with Crippen molar-refractivity contribution in [3.8, 4) is 11.5 Å². The Hall–Kier alpha value is -4.44. The lowest BCUT2D eigenvalue weighted by molar-refractivity contribution is -0.385. The number of amides is 2. The molecule has 0 aliphatic carbocycles. The quantitative estimate of drug-likeness (QED) is 0.262. The molecule has 2 amide bonds. The predicted molar refractivity (Wildman–Crippen MR) is 126 cm³/mol. The highest BCUT2D eigenvalue weighted by atomic mass is 16.6. The van der Waals surface area contributed by atoms with Crippen LogP contribution < -0.4 is 20.1 Å². The van der Waals surface area contributed by atoms with Gasteiger partial charge >= 0.3 is 0 Å². The van der Waals surface area contributed by atoms with E-state index in [1.54, 1.807) is 54.6 Å². The summed E-state index contributed by atoms with van der Waals surface area (Å²) < 4.78 is 15.7. The first-order valence-corrected chi connectivity index (χ1v) is 10.2. The van der Waals surface area contributed by atoms with Gasteiger partial charge in [-0.2, -0.15) is 0 Å². The Morgan fingerprint density at radius 2 is 1.47 bits per heavy atom. The zero-order valence-electron chi connectivity index (χ0n) is 18.6. The van der Waals surface area contributed by atoms with Crippen LogP contribution in [0, 0.1) is 10.1 Å². The van der Waals surface area contributed by atoms with Gasteiger partial charge in [0.05, 0.1) is 36.1 Å². The number of methoxy groups -OCH3 is 2. The molecule has 0 bridgehead atoms. The topological polar surface area (TPSA) is 129 Å². The molecule has 0 atom stereocenters. The SMILES string of the molecule is COCCOc1cc([N+](=O)[O-])c(C(=O)Nc2ccccc2NC(=O)c2ccccc2)cc1OC. The number of nitrogens with zero attached hydrogens (tertiary/aromatic N) is 1. The molecule has 0 fully saturated rings. The maximum Gasteiger partial charge on any atom is 0.286 e. The number of carbonyl (C=O) groups excluding carboxylic acids is 2. The van der Waals surface area contributed by atoms with E-state index in [9.17, 15) is 19.7 Å². The molecule has 0 aliphatic rings. The highest BCUT2D eigenvalue weighted by molar-refractivity contribution is 6.11. The summed E-state index contributed by atoms with van der Waals surface area (Å²) in [5.41, 5.74) is 0.346. The molecule has 0 aromatic heterocycles. The normalized spacial score (nSPS) is 10.3. The van der Waals surface area contributed by atoms with Crippen LogP contribution in [0.25, 0.3) is 0 Å². The van der Waals surface area contributed by atoms with Crippen molar-refractivity contribution in [3.63, 3.8) is 0 Å². The Morgan fingerprint density at radius 3 is 2.06 bits per heavy atom. The summed E-state index contributed by atoms with van der Waals surface area (Å²) in [6, 6.07) is 17.5. The van der Waals surface area contributed by atoms with Crippen LogP contribution in [0.5, 0.6) is 11.5 Å². The van der Waals surface area contributed by atoms with Gasteiger partial charge in [0.25, 0.3) is 17.5 Å². The van der Waals surface area contributed by atoms with Gasteiger partial charge in [0.15, 0.2) is 11.5 Å². The maximum absolute atomic E-state index is 13.0. The molecule has 176 valence electrons. The van der Waals surface area contributed by atoms with Crippen LogP contribution >= 0.6 is 0 Å². The average Bonchev–Trinajstić information content (AvgIpc) is 2.85. The van der Waals surface area contributed by atoms with Crippen LogP contribution in [0.15, 0.2) is 66.7 Å². The van der Waals surface area contributed by atoms with Gasteiger partial charge in [-0.25, -0.2) is 0 Å². The van der Waals surface area contributed by atoms with E-state index in [4.69, 9.17) is 14.2 Å². The van der Waals surface area contributed by atoms with Crippen molar-refractivity contribution in [1.29, 1.82) is 0 Å². The second-order valence-electron chi connectivity index (χ2n) is 6.94. The molecule has 10 nitrogen and oxygen atoms in total. The molecule has 34 heavy (non-hydrogen) atoms. The van der Waals surface area contributed by atoms with Crippen LogP contribution in [0.2, 0.25) is 0 Å². The van der Waals surface area contributed by atoms with Gasteiger partial charge in [0, 0.05) is 18.7 Å². The summed E-state index contributed by atoms with van der Waals surface area (Å²) in [4.78, 5) is 36.6. The smallest absolute Gasteiger partial charge is 0.286 e. The number of nitro groups is 1. The highest BCUT2D eigenvalue weighted by Crippen LogP contribution is 2.35. The largest absolute Gasteiger partial charge is 0.493 e. The molecule has 0 unspecified atom stereocenters. The summed E-state index contributed by atoms with van der Waals surface area (Å²) in [6.45, 7) is 0.411. The van der Waals surface area contributed by atoms with Crippen molar-refractivity contribution in [1.82, 2.24) is 0 Å². The fourth-order valence-electron chi connectivity index (χ4n) is 3.06. The van der Waals surface area contributed by atoms with E-state index < -0.39 is 16.5 Å². The third-order valence-corrected chi connectivity index (χ3v) is 4.73. The van der Waals surface area contributed by atoms with Gasteiger partial charge < -0.3 is 24.8 Å². The van der Waals surface area contributed by atoms with Crippen molar-refractivity contribution in [3.05, 3.63) is 88.0 Å². The van der Waals surface area contributed by atoms with Crippen molar-refractivity contribution in [2.24, 2.45) is 0 Å². The lowest BCUT2D eigenvalue weighted by atomic mass is 10.1. The molecule has 0 spiro atoms. The second kappa shape index (κ2) is 11.4. The van der Waals surface area contributed by atoms with Crippen LogP contribution in [0.3, 0.4) is 0 Å². The van der Waals surface area contributed by atoms with Crippen LogP contribution in [-0.4, -0.2) is 44.2 Å². The van der Waals surface area contributed by atoms with E-state index in [1.165, 1.54) is 20.3 Å². The van der Waals surface area contributed by atoms with E-state index in [0.717, 1.165) is 6.07 Å². The summed E-state index contributed by atoms with van der Waals surface area (Å²) in [5.74, 6) is -0.863. The first-order chi connectivity index (χ1) is 16.4. The van der Waals surface area contributed by atoms with Gasteiger partial charge in [-0.05, 0) is 24.3 Å². The Balaban J connectivity index is 1.88. The minimum atomic E-state index is -0.755. The lowest BCUT2D eigenvalue weighted by Gasteiger charge is -2.14. The Bertz CT molecular complexity index is 1180. The molecular weight excluding hydrogens is 442 g/mol. The Kier molecular flexibility index (Phi) is 8.14. The fourth-order valence-corrected chi connectivity index (χ4v) is 3.06. The number of benzene rings is 3. The zero-order chi connectivity index (χ0) is 24.5. The molecule has 10 heteroatoms. The Morgan fingerprint density at radius 1 is 0.853 bits per heavy atom. The van der Waals surface area contributed by atoms with E-state index in [0.29, 0.717) is 11.3 Å². The van der Waals surface area contributed by atoms with Gasteiger partial charge in [0.1, 0.15) is 12.2 Å². The van der Waals surface area contributed by atoms with Crippen LogP contribution in [-0.2, 0) is 4.74 Å². The number of hydrogen-bond acceptors (Lipinski definition) is 7. The number of ether oxygens (including phenoxy) is 3. The lowest BCUT2D eigenvalue weighted by Crippen LogP contribution is -2.18. The number of nitrogens with one attached hydrogen (secondary N) is 2. The van der Waals surface area contributed by atoms with Crippen molar-refractivity contribution in [2.75, 3.05) is 38.1 Å². The zero-order valence-corrected chi connectivity index (χ0v) is 18.6. The molecule has 2 N–H and O–H groups in total. The van der Waals surface area contributed by atoms with E-state index in [2.05, 4.69) is 10.6 Å². The second-order valence-corrected chi connectivity index (χ2v) is 6.94. The van der Waals surface area contributed by atoms with Crippen LogP contribution in [0.1, 0.15) is 20.7 Å². The monoisotopic (exact) mass is 465 g/mol.